The number of carbonyl (C=O) groups is 1. The zero-order chi connectivity index (χ0) is 31.1. The number of aliphatic hydroxyl groups excluding tert-OH is 2. The Morgan fingerprint density at radius 1 is 1.02 bits per heavy atom. The Labute approximate surface area is 279 Å². The second-order valence-electron chi connectivity index (χ2n) is 9.75. The molecule has 0 bridgehead atoms. The van der Waals surface area contributed by atoms with E-state index in [9.17, 15) is 27.2 Å². The molecule has 3 heterocycles. The average Bonchev–Trinajstić information content (AvgIpc) is 2.95. The van der Waals surface area contributed by atoms with Crippen LogP contribution in [0.2, 0.25) is 0 Å². The van der Waals surface area contributed by atoms with Crippen LogP contribution in [-0.2, 0) is 12.7 Å². The molecule has 1 saturated heterocycles. The van der Waals surface area contributed by atoms with Crippen LogP contribution in [0.15, 0.2) is 35.4 Å². The van der Waals surface area contributed by atoms with Gasteiger partial charge in [-0.1, -0.05) is 0 Å². The van der Waals surface area contributed by atoms with E-state index in [0.717, 1.165) is 6.07 Å². The Hall–Kier alpha value is -3.25. The van der Waals surface area contributed by atoms with Gasteiger partial charge in [0.05, 0.1) is 42.0 Å². The first kappa shape index (κ1) is 40.8. The van der Waals surface area contributed by atoms with Gasteiger partial charge in [0.15, 0.2) is 11.6 Å². The van der Waals surface area contributed by atoms with Gasteiger partial charge < -0.3 is 30.6 Å². The van der Waals surface area contributed by atoms with Crippen molar-refractivity contribution in [2.75, 3.05) is 63.2 Å². The van der Waals surface area contributed by atoms with E-state index >= 15 is 0 Å². The lowest BCUT2D eigenvalue weighted by Crippen LogP contribution is -2.46. The number of hydrogen-bond acceptors (Lipinski definition) is 9. The predicted octanol–water partition coefficient (Wildman–Crippen LogP) is 3.69. The summed E-state index contributed by atoms with van der Waals surface area (Å²) in [7, 11) is 0. The van der Waals surface area contributed by atoms with E-state index in [2.05, 4.69) is 25.6 Å². The number of aromatic nitrogens is 3. The van der Waals surface area contributed by atoms with Crippen LogP contribution >= 0.6 is 37.2 Å². The number of benzene rings is 1. The molecule has 0 unspecified atom stereocenters. The van der Waals surface area contributed by atoms with Gasteiger partial charge in [0.1, 0.15) is 12.4 Å². The second kappa shape index (κ2) is 18.2. The fourth-order valence-corrected chi connectivity index (χ4v) is 4.52. The molecule has 2 aromatic heterocycles. The number of β-amino-alcohol motifs (C(OH)–C–C–N with tert-alkyl or cyclic N) is 1. The van der Waals surface area contributed by atoms with Gasteiger partial charge in [0, 0.05) is 51.0 Å². The van der Waals surface area contributed by atoms with Crippen molar-refractivity contribution in [3.63, 3.8) is 0 Å². The van der Waals surface area contributed by atoms with E-state index < -0.39 is 34.8 Å². The molecule has 0 spiro atoms. The maximum atomic E-state index is 15.0. The molecule has 2 amide bonds. The molecule has 1 aromatic carbocycles. The number of carbonyl (C=O) groups excluding carboxylic acids is 1. The molecule has 46 heavy (non-hydrogen) atoms. The highest BCUT2D eigenvalue weighted by molar-refractivity contribution is 6.00. The number of amides is 2. The lowest BCUT2D eigenvalue weighted by Gasteiger charge is -2.34. The Kier molecular flexibility index (Phi) is 16.1. The minimum absolute atomic E-state index is 0. The van der Waals surface area contributed by atoms with Crippen LogP contribution in [0.3, 0.4) is 0 Å². The minimum atomic E-state index is -4.79. The third-order valence-corrected chi connectivity index (χ3v) is 6.73. The summed E-state index contributed by atoms with van der Waals surface area (Å²) in [4.78, 5) is 39.2. The highest BCUT2D eigenvalue weighted by atomic mass is 35.5. The van der Waals surface area contributed by atoms with Crippen LogP contribution in [0.1, 0.15) is 16.8 Å². The van der Waals surface area contributed by atoms with E-state index in [1.807, 2.05) is 4.90 Å². The summed E-state index contributed by atoms with van der Waals surface area (Å²) in [6.07, 6.45) is -2.19. The number of alkyl halides is 3. The summed E-state index contributed by atoms with van der Waals surface area (Å²) >= 11 is 0. The summed E-state index contributed by atoms with van der Waals surface area (Å²) in [5.41, 5.74) is -1.73. The highest BCUT2D eigenvalue weighted by Gasteiger charge is 2.35. The molecule has 1 aliphatic heterocycles. The van der Waals surface area contributed by atoms with E-state index in [0.29, 0.717) is 44.4 Å². The molecule has 19 heteroatoms. The van der Waals surface area contributed by atoms with Crippen LogP contribution in [0.4, 0.5) is 33.7 Å². The van der Waals surface area contributed by atoms with Crippen molar-refractivity contribution < 1.29 is 37.3 Å². The van der Waals surface area contributed by atoms with Crippen molar-refractivity contribution in [1.82, 2.24) is 24.8 Å². The van der Waals surface area contributed by atoms with E-state index in [4.69, 9.17) is 14.9 Å². The first-order valence-corrected chi connectivity index (χ1v) is 13.3. The van der Waals surface area contributed by atoms with E-state index in [-0.39, 0.29) is 92.1 Å². The van der Waals surface area contributed by atoms with Crippen molar-refractivity contribution in [2.45, 2.75) is 19.6 Å². The van der Waals surface area contributed by atoms with Crippen molar-refractivity contribution in [3.05, 3.63) is 63.6 Å². The number of H-pyrrole nitrogens is 1. The predicted molar refractivity (Wildman–Crippen MR) is 170 cm³/mol. The standard InChI is InChI=1S/C27H31F4N7O5.3ClH/c1-16-22(14-32-24(34-16)17-11-23(43-9-8-40)25(41)33-13-17)36-26(42)35-21-12-19(27(29,30)31)18(10-20(21)28)15-38-4-2-37(3-5-38)6-7-39;;;/h10-14,39-40H,2-9,15H2,1H3,(H,33,41)(H2,35,36,42);3*1H. The molecule has 12 nitrogen and oxygen atoms in total. The summed E-state index contributed by atoms with van der Waals surface area (Å²) in [6, 6.07) is 1.73. The number of urea groups is 1. The number of nitrogens with zero attached hydrogens (tertiary/aromatic N) is 4. The number of hydrogen-bond donors (Lipinski definition) is 5. The topological polar surface area (TPSA) is 156 Å². The Morgan fingerprint density at radius 3 is 2.28 bits per heavy atom. The molecule has 4 rings (SSSR count). The van der Waals surface area contributed by atoms with E-state index in [1.165, 1.54) is 25.4 Å². The fraction of sp³-hybridized carbons (Fsp3) is 0.407. The van der Waals surface area contributed by atoms with Crippen LogP contribution in [0, 0.1) is 12.7 Å². The molecule has 0 atom stereocenters. The van der Waals surface area contributed by atoms with E-state index in [1.54, 1.807) is 4.90 Å². The molecule has 5 N–H and O–H groups in total. The Bertz CT molecular complexity index is 1510. The Morgan fingerprint density at radius 2 is 1.67 bits per heavy atom. The summed E-state index contributed by atoms with van der Waals surface area (Å²) < 4.78 is 62.0. The molecule has 1 fully saturated rings. The zero-order valence-electron chi connectivity index (χ0n) is 24.4. The van der Waals surface area contributed by atoms with Crippen LogP contribution in [0.25, 0.3) is 11.4 Å². The third kappa shape index (κ3) is 10.7. The number of piperazine rings is 1. The lowest BCUT2D eigenvalue weighted by molar-refractivity contribution is -0.138. The monoisotopic (exact) mass is 717 g/mol. The van der Waals surface area contributed by atoms with Gasteiger partial charge in [0.25, 0.3) is 5.56 Å². The van der Waals surface area contributed by atoms with Gasteiger partial charge in [-0.15, -0.1) is 37.2 Å². The molecule has 0 saturated carbocycles. The molecular formula is C27H34Cl3F4N7O5. The molecule has 256 valence electrons. The highest BCUT2D eigenvalue weighted by Crippen LogP contribution is 2.36. The number of aryl methyl sites for hydroxylation is 1. The molecule has 0 radical (unpaired) electrons. The Balaban J connectivity index is 0.00000353. The minimum Gasteiger partial charge on any atom is -0.485 e. The number of nitrogens with one attached hydrogen (secondary N) is 3. The lowest BCUT2D eigenvalue weighted by atomic mass is 10.0. The van der Waals surface area contributed by atoms with Crippen LogP contribution in [0.5, 0.6) is 5.75 Å². The van der Waals surface area contributed by atoms with Gasteiger partial charge in [0.2, 0.25) is 0 Å². The number of aromatic amines is 1. The first-order valence-electron chi connectivity index (χ1n) is 13.3. The number of rotatable bonds is 10. The first-order chi connectivity index (χ1) is 20.5. The fourth-order valence-electron chi connectivity index (χ4n) is 4.52. The van der Waals surface area contributed by atoms with Crippen molar-refractivity contribution >= 4 is 54.6 Å². The van der Waals surface area contributed by atoms with Crippen LogP contribution in [-0.4, -0.2) is 93.5 Å². The molecule has 3 aromatic rings. The summed E-state index contributed by atoms with van der Waals surface area (Å²) in [5.74, 6) is -0.918. The molecule has 1 aliphatic rings. The largest absolute Gasteiger partial charge is 0.485 e. The SMILES string of the molecule is Cc1nc(-c2c[nH]c(=O)c(OCCO)c2)ncc1NC(=O)Nc1cc(C(F)(F)F)c(CN2CCN(CCO)CC2)cc1F.Cl.Cl.Cl. The maximum absolute atomic E-state index is 15.0. The smallest absolute Gasteiger partial charge is 0.416 e. The molecule has 0 aliphatic carbocycles. The summed E-state index contributed by atoms with van der Waals surface area (Å²) in [5, 5.41) is 22.5. The van der Waals surface area contributed by atoms with Crippen molar-refractivity contribution in [3.8, 4) is 17.1 Å². The number of aliphatic hydroxyl groups is 2. The van der Waals surface area contributed by atoms with Crippen molar-refractivity contribution in [1.29, 1.82) is 0 Å². The number of ether oxygens (including phenoxy) is 1. The van der Waals surface area contributed by atoms with Gasteiger partial charge in [-0.3, -0.25) is 14.6 Å². The van der Waals surface area contributed by atoms with Gasteiger partial charge in [-0.05, 0) is 30.7 Å². The number of anilines is 2. The van der Waals surface area contributed by atoms with Crippen LogP contribution < -0.4 is 20.9 Å². The zero-order valence-corrected chi connectivity index (χ0v) is 26.8. The average molecular weight is 719 g/mol. The number of halogens is 7. The quantitative estimate of drug-likeness (QED) is 0.198. The molecular weight excluding hydrogens is 685 g/mol. The summed E-state index contributed by atoms with van der Waals surface area (Å²) in [6.45, 7) is 3.55. The van der Waals surface area contributed by atoms with Crippen molar-refractivity contribution in [2.24, 2.45) is 0 Å². The number of pyridine rings is 1. The second-order valence-corrected chi connectivity index (χ2v) is 9.75. The maximum Gasteiger partial charge on any atom is 0.416 e. The third-order valence-electron chi connectivity index (χ3n) is 6.73. The van der Waals surface area contributed by atoms with Gasteiger partial charge in [-0.25, -0.2) is 19.2 Å². The van der Waals surface area contributed by atoms with Gasteiger partial charge in [-0.2, -0.15) is 13.2 Å². The normalized spacial score (nSPS) is 13.5. The van der Waals surface area contributed by atoms with Gasteiger partial charge >= 0.3 is 12.2 Å².